The van der Waals surface area contributed by atoms with Crippen LogP contribution in [0.2, 0.25) is 0 Å². The fourth-order valence-corrected chi connectivity index (χ4v) is 2.98. The van der Waals surface area contributed by atoms with Crippen molar-refractivity contribution in [3.05, 3.63) is 12.4 Å². The number of hydrogen-bond acceptors (Lipinski definition) is 6. The van der Waals surface area contributed by atoms with E-state index in [1.807, 2.05) is 6.92 Å². The lowest BCUT2D eigenvalue weighted by Gasteiger charge is -2.39. The van der Waals surface area contributed by atoms with Crippen molar-refractivity contribution in [2.24, 2.45) is 0 Å². The van der Waals surface area contributed by atoms with Gasteiger partial charge in [0.05, 0.1) is 29.0 Å². The van der Waals surface area contributed by atoms with Crippen molar-refractivity contribution >= 4 is 40.1 Å². The average molecular weight is 345 g/mol. The van der Waals surface area contributed by atoms with Crippen molar-refractivity contribution in [3.8, 4) is 0 Å². The topological polar surface area (TPSA) is 137 Å². The average Bonchev–Trinajstić information content (AvgIpc) is 3.07. The van der Waals surface area contributed by atoms with E-state index in [1.54, 1.807) is 4.90 Å². The van der Waals surface area contributed by atoms with Crippen molar-refractivity contribution in [3.63, 3.8) is 0 Å². The molecule has 10 nitrogen and oxygen atoms in total. The number of amides is 3. The zero-order valence-electron chi connectivity index (χ0n) is 13.9. The minimum atomic E-state index is -0.772. The molecule has 132 valence electrons. The SMILES string of the molecule is CC(=O)N1CCN(C(=O)C(=O)Nc2cnc(N)c3cn[nH]c23)CC1C. The van der Waals surface area contributed by atoms with Gasteiger partial charge in [0.25, 0.3) is 0 Å². The number of carbonyl (C=O) groups excluding carboxylic acids is 3. The highest BCUT2D eigenvalue weighted by Crippen LogP contribution is 2.23. The van der Waals surface area contributed by atoms with Crippen LogP contribution in [0.3, 0.4) is 0 Å². The number of nitrogens with one attached hydrogen (secondary N) is 2. The van der Waals surface area contributed by atoms with Gasteiger partial charge < -0.3 is 20.9 Å². The van der Waals surface area contributed by atoms with Crippen LogP contribution in [0.1, 0.15) is 13.8 Å². The molecule has 3 amide bonds. The Labute approximate surface area is 143 Å². The lowest BCUT2D eigenvalue weighted by Crippen LogP contribution is -2.56. The molecule has 2 aromatic heterocycles. The Balaban J connectivity index is 1.71. The van der Waals surface area contributed by atoms with Crippen LogP contribution in [-0.2, 0) is 14.4 Å². The third-order valence-electron chi connectivity index (χ3n) is 4.28. The number of anilines is 2. The molecule has 1 aliphatic rings. The number of fused-ring (bicyclic) bond motifs is 1. The van der Waals surface area contributed by atoms with Crippen LogP contribution < -0.4 is 11.1 Å². The smallest absolute Gasteiger partial charge is 0.314 e. The van der Waals surface area contributed by atoms with Gasteiger partial charge in [-0.2, -0.15) is 5.10 Å². The lowest BCUT2D eigenvalue weighted by molar-refractivity contribution is -0.147. The van der Waals surface area contributed by atoms with Crippen molar-refractivity contribution < 1.29 is 14.4 Å². The Morgan fingerprint density at radius 1 is 1.32 bits per heavy atom. The zero-order chi connectivity index (χ0) is 18.1. The second-order valence-electron chi connectivity index (χ2n) is 5.98. The van der Waals surface area contributed by atoms with Gasteiger partial charge in [0, 0.05) is 32.6 Å². The molecule has 1 unspecified atom stereocenters. The second-order valence-corrected chi connectivity index (χ2v) is 5.98. The Hall–Kier alpha value is -3.17. The van der Waals surface area contributed by atoms with Crippen molar-refractivity contribution in [2.45, 2.75) is 19.9 Å². The summed E-state index contributed by atoms with van der Waals surface area (Å²) >= 11 is 0. The molecule has 4 N–H and O–H groups in total. The Morgan fingerprint density at radius 3 is 2.76 bits per heavy atom. The van der Waals surface area contributed by atoms with Crippen LogP contribution in [0.25, 0.3) is 10.9 Å². The highest BCUT2D eigenvalue weighted by Gasteiger charge is 2.31. The number of hydrogen-bond donors (Lipinski definition) is 3. The highest BCUT2D eigenvalue weighted by molar-refractivity contribution is 6.40. The standard InChI is InChI=1S/C15H19N7O3/c1-8-7-21(3-4-22(8)9(2)23)15(25)14(24)19-11-6-17-13(16)10-5-18-20-12(10)11/h5-6,8H,3-4,7H2,1-2H3,(H2,16,17)(H,18,20)(H,19,24). The molecule has 3 rings (SSSR count). The molecule has 0 aromatic carbocycles. The molecule has 0 spiro atoms. The monoisotopic (exact) mass is 345 g/mol. The molecule has 0 saturated carbocycles. The first-order valence-electron chi connectivity index (χ1n) is 7.83. The van der Waals surface area contributed by atoms with Crippen LogP contribution in [0, 0.1) is 0 Å². The number of nitrogens with two attached hydrogens (primary N) is 1. The molecule has 1 fully saturated rings. The zero-order valence-corrected chi connectivity index (χ0v) is 13.9. The molecule has 1 atom stereocenters. The highest BCUT2D eigenvalue weighted by atomic mass is 16.2. The first-order valence-corrected chi connectivity index (χ1v) is 7.83. The van der Waals surface area contributed by atoms with Crippen LogP contribution >= 0.6 is 0 Å². The minimum absolute atomic E-state index is 0.0429. The number of rotatable bonds is 1. The maximum Gasteiger partial charge on any atom is 0.314 e. The van der Waals surface area contributed by atoms with Gasteiger partial charge in [-0.1, -0.05) is 0 Å². The van der Waals surface area contributed by atoms with E-state index in [9.17, 15) is 14.4 Å². The molecule has 1 saturated heterocycles. The summed E-state index contributed by atoms with van der Waals surface area (Å²) in [5, 5.41) is 9.70. The van der Waals surface area contributed by atoms with Crippen molar-refractivity contribution in [2.75, 3.05) is 30.7 Å². The molecule has 2 aromatic rings. The van der Waals surface area contributed by atoms with E-state index in [4.69, 9.17) is 5.73 Å². The predicted molar refractivity (Wildman–Crippen MR) is 90.4 cm³/mol. The van der Waals surface area contributed by atoms with Gasteiger partial charge >= 0.3 is 11.8 Å². The largest absolute Gasteiger partial charge is 0.383 e. The summed E-state index contributed by atoms with van der Waals surface area (Å²) in [5.74, 6) is -1.19. The molecule has 3 heterocycles. The maximum absolute atomic E-state index is 12.4. The molecule has 0 radical (unpaired) electrons. The van der Waals surface area contributed by atoms with Crippen molar-refractivity contribution in [1.29, 1.82) is 0 Å². The number of aromatic nitrogens is 3. The summed E-state index contributed by atoms with van der Waals surface area (Å²) in [6, 6.07) is -0.138. The molecule has 1 aliphatic heterocycles. The van der Waals surface area contributed by atoms with Gasteiger partial charge in [-0.05, 0) is 6.92 Å². The summed E-state index contributed by atoms with van der Waals surface area (Å²) < 4.78 is 0. The Bertz CT molecular complexity index is 847. The third kappa shape index (κ3) is 3.10. The summed E-state index contributed by atoms with van der Waals surface area (Å²) in [7, 11) is 0. The molecule has 0 aliphatic carbocycles. The number of aromatic amines is 1. The van der Waals surface area contributed by atoms with E-state index >= 15 is 0 Å². The summed E-state index contributed by atoms with van der Waals surface area (Å²) in [4.78, 5) is 43.3. The summed E-state index contributed by atoms with van der Waals surface area (Å²) in [5.41, 5.74) is 6.57. The normalized spacial score (nSPS) is 17.6. The predicted octanol–water partition coefficient (Wildman–Crippen LogP) is -0.442. The van der Waals surface area contributed by atoms with E-state index < -0.39 is 11.8 Å². The van der Waals surface area contributed by atoms with Gasteiger partial charge in [0.1, 0.15) is 5.82 Å². The van der Waals surface area contributed by atoms with Crippen molar-refractivity contribution in [1.82, 2.24) is 25.0 Å². The van der Waals surface area contributed by atoms with E-state index in [-0.39, 0.29) is 17.8 Å². The molecule has 0 bridgehead atoms. The van der Waals surface area contributed by atoms with E-state index in [2.05, 4.69) is 20.5 Å². The maximum atomic E-state index is 12.4. The first kappa shape index (κ1) is 16.7. The number of carbonyl (C=O) groups is 3. The van der Waals surface area contributed by atoms with E-state index in [1.165, 1.54) is 24.2 Å². The lowest BCUT2D eigenvalue weighted by atomic mass is 10.2. The Morgan fingerprint density at radius 2 is 2.08 bits per heavy atom. The molecular formula is C15H19N7O3. The molecule has 10 heteroatoms. The van der Waals surface area contributed by atoms with Gasteiger partial charge in [0.15, 0.2) is 0 Å². The van der Waals surface area contributed by atoms with Gasteiger partial charge in [-0.25, -0.2) is 4.98 Å². The number of H-pyrrole nitrogens is 1. The van der Waals surface area contributed by atoms with Crippen LogP contribution in [0.15, 0.2) is 12.4 Å². The number of nitrogens with zero attached hydrogens (tertiary/aromatic N) is 4. The molecular weight excluding hydrogens is 326 g/mol. The van der Waals surface area contributed by atoms with E-state index in [0.717, 1.165) is 0 Å². The number of nitrogen functional groups attached to an aromatic ring is 1. The van der Waals surface area contributed by atoms with Crippen LogP contribution in [0.4, 0.5) is 11.5 Å². The first-order chi connectivity index (χ1) is 11.9. The fourth-order valence-electron chi connectivity index (χ4n) is 2.98. The van der Waals surface area contributed by atoms with Gasteiger partial charge in [0.2, 0.25) is 5.91 Å². The van der Waals surface area contributed by atoms with Crippen LogP contribution in [0.5, 0.6) is 0 Å². The summed E-state index contributed by atoms with van der Waals surface area (Å²) in [6.07, 6.45) is 2.87. The minimum Gasteiger partial charge on any atom is -0.383 e. The third-order valence-corrected chi connectivity index (χ3v) is 4.28. The quantitative estimate of drug-likeness (QED) is 0.599. The summed E-state index contributed by atoms with van der Waals surface area (Å²) in [6.45, 7) is 4.37. The molecule has 25 heavy (non-hydrogen) atoms. The fraction of sp³-hybridized carbons (Fsp3) is 0.400. The Kier molecular flexibility index (Phi) is 4.26. The van der Waals surface area contributed by atoms with Gasteiger partial charge in [-0.15, -0.1) is 0 Å². The van der Waals surface area contributed by atoms with E-state index in [0.29, 0.717) is 36.2 Å². The number of pyridine rings is 1. The van der Waals surface area contributed by atoms with Gasteiger partial charge in [-0.3, -0.25) is 19.5 Å². The van der Waals surface area contributed by atoms with Crippen LogP contribution in [-0.4, -0.2) is 68.4 Å². The number of piperazine rings is 1. The second kappa shape index (κ2) is 6.38.